The van der Waals surface area contributed by atoms with Crippen molar-refractivity contribution >= 4 is 15.8 Å². The van der Waals surface area contributed by atoms with Gasteiger partial charge in [-0.25, -0.2) is 22.0 Å². The molecule has 0 aliphatic heterocycles. The molecule has 1 N–H and O–H groups in total. The molecule has 4 nitrogen and oxygen atoms in total. The molecule has 0 unspecified atom stereocenters. The highest BCUT2D eigenvalue weighted by Crippen LogP contribution is 2.29. The van der Waals surface area contributed by atoms with Crippen LogP contribution in [0.5, 0.6) is 0 Å². The van der Waals surface area contributed by atoms with Crippen molar-refractivity contribution in [2.24, 2.45) is 5.92 Å². The predicted octanol–water partition coefficient (Wildman–Crippen LogP) is 2.63. The van der Waals surface area contributed by atoms with E-state index in [1.54, 1.807) is 0 Å². The van der Waals surface area contributed by atoms with Gasteiger partial charge in [-0.3, -0.25) is 0 Å². The largest absolute Gasteiger partial charge is 0.478 e. The average molecular weight is 304 g/mol. The second-order valence-electron chi connectivity index (χ2n) is 5.01. The van der Waals surface area contributed by atoms with E-state index in [9.17, 15) is 22.0 Å². The molecule has 0 amide bonds. The summed E-state index contributed by atoms with van der Waals surface area (Å²) < 4.78 is 51.3. The Kier molecular flexibility index (Phi) is 4.08. The van der Waals surface area contributed by atoms with Crippen LogP contribution in [0.1, 0.15) is 36.0 Å². The zero-order valence-electron chi connectivity index (χ0n) is 10.6. The number of carboxylic acid groups (broad SMARTS) is 1. The molecule has 1 aromatic rings. The van der Waals surface area contributed by atoms with Gasteiger partial charge in [0.1, 0.15) is 4.90 Å². The molecule has 110 valence electrons. The van der Waals surface area contributed by atoms with Gasteiger partial charge in [-0.05, 0) is 30.9 Å². The molecule has 1 saturated carbocycles. The van der Waals surface area contributed by atoms with E-state index in [2.05, 4.69) is 0 Å². The van der Waals surface area contributed by atoms with Crippen molar-refractivity contribution in [3.63, 3.8) is 0 Å². The van der Waals surface area contributed by atoms with Crippen LogP contribution in [0.4, 0.5) is 8.78 Å². The van der Waals surface area contributed by atoms with E-state index in [1.807, 2.05) is 0 Å². The molecule has 0 atom stereocenters. The SMILES string of the molecule is O=C(O)c1cc(F)c(F)c(S(=O)(=O)CC2CCCC2)c1. The Hall–Kier alpha value is -1.50. The van der Waals surface area contributed by atoms with Crippen LogP contribution in [0, 0.1) is 17.6 Å². The number of benzene rings is 1. The number of carbonyl (C=O) groups is 1. The first-order chi connectivity index (χ1) is 9.31. The molecule has 1 aliphatic carbocycles. The lowest BCUT2D eigenvalue weighted by molar-refractivity contribution is 0.0696. The van der Waals surface area contributed by atoms with E-state index in [0.29, 0.717) is 12.1 Å². The minimum absolute atomic E-state index is 0.0732. The first-order valence-electron chi connectivity index (χ1n) is 6.26. The Morgan fingerprint density at radius 1 is 1.25 bits per heavy atom. The maximum Gasteiger partial charge on any atom is 0.335 e. The molecule has 1 aliphatic rings. The minimum Gasteiger partial charge on any atom is -0.478 e. The van der Waals surface area contributed by atoms with Crippen molar-refractivity contribution in [1.82, 2.24) is 0 Å². The Labute approximate surface area is 115 Å². The Morgan fingerprint density at radius 3 is 2.40 bits per heavy atom. The van der Waals surface area contributed by atoms with Gasteiger partial charge < -0.3 is 5.11 Å². The summed E-state index contributed by atoms with van der Waals surface area (Å²) >= 11 is 0. The van der Waals surface area contributed by atoms with E-state index in [1.165, 1.54) is 0 Å². The highest BCUT2D eigenvalue weighted by Gasteiger charge is 2.28. The van der Waals surface area contributed by atoms with E-state index in [0.717, 1.165) is 25.7 Å². The van der Waals surface area contributed by atoms with Gasteiger partial charge in [-0.15, -0.1) is 0 Å². The van der Waals surface area contributed by atoms with Crippen LogP contribution >= 0.6 is 0 Å². The highest BCUT2D eigenvalue weighted by molar-refractivity contribution is 7.91. The third kappa shape index (κ3) is 2.98. The molecule has 0 heterocycles. The molecule has 1 fully saturated rings. The molecule has 7 heteroatoms. The van der Waals surface area contributed by atoms with Crippen molar-refractivity contribution in [3.05, 3.63) is 29.3 Å². The highest BCUT2D eigenvalue weighted by atomic mass is 32.2. The number of rotatable bonds is 4. The minimum atomic E-state index is -4.03. The summed E-state index contributed by atoms with van der Waals surface area (Å²) in [7, 11) is -4.03. The van der Waals surface area contributed by atoms with Gasteiger partial charge >= 0.3 is 5.97 Å². The fraction of sp³-hybridized carbons (Fsp3) is 0.462. The van der Waals surface area contributed by atoms with E-state index in [4.69, 9.17) is 5.11 Å². The van der Waals surface area contributed by atoms with Crippen LogP contribution < -0.4 is 0 Å². The van der Waals surface area contributed by atoms with E-state index >= 15 is 0 Å². The fourth-order valence-electron chi connectivity index (χ4n) is 2.49. The Morgan fingerprint density at radius 2 is 1.85 bits per heavy atom. The summed E-state index contributed by atoms with van der Waals surface area (Å²) in [6.07, 6.45) is 3.32. The van der Waals surface area contributed by atoms with Crippen LogP contribution in [-0.4, -0.2) is 25.2 Å². The molecular weight excluding hydrogens is 290 g/mol. The third-order valence-electron chi connectivity index (χ3n) is 3.51. The molecule has 0 radical (unpaired) electrons. The van der Waals surface area contributed by atoms with Gasteiger partial charge in [0, 0.05) is 0 Å². The number of aromatic carboxylic acids is 1. The maximum atomic E-state index is 13.7. The first-order valence-corrected chi connectivity index (χ1v) is 7.91. The smallest absolute Gasteiger partial charge is 0.335 e. The summed E-state index contributed by atoms with van der Waals surface area (Å²) in [5.74, 6) is -4.81. The molecule has 2 rings (SSSR count). The normalized spacial score (nSPS) is 16.5. The lowest BCUT2D eigenvalue weighted by atomic mass is 10.1. The number of hydrogen-bond acceptors (Lipinski definition) is 3. The zero-order chi connectivity index (χ0) is 14.9. The van der Waals surface area contributed by atoms with Crippen LogP contribution in [0.2, 0.25) is 0 Å². The van der Waals surface area contributed by atoms with Crippen molar-refractivity contribution in [3.8, 4) is 0 Å². The Balaban J connectivity index is 2.41. The molecule has 0 spiro atoms. The first kappa shape index (κ1) is 14.9. The van der Waals surface area contributed by atoms with Crippen LogP contribution in [0.15, 0.2) is 17.0 Å². The maximum absolute atomic E-state index is 13.7. The number of hydrogen-bond donors (Lipinski definition) is 1. The Bertz CT molecular complexity index is 634. The summed E-state index contributed by atoms with van der Waals surface area (Å²) in [4.78, 5) is 9.94. The summed E-state index contributed by atoms with van der Waals surface area (Å²) in [5.41, 5.74) is -0.575. The van der Waals surface area contributed by atoms with Gasteiger partial charge in [0.25, 0.3) is 0 Å². The monoisotopic (exact) mass is 304 g/mol. The molecule has 0 bridgehead atoms. The van der Waals surface area contributed by atoms with Gasteiger partial charge in [-0.1, -0.05) is 12.8 Å². The number of carboxylic acids is 1. The van der Waals surface area contributed by atoms with Crippen LogP contribution in [0.3, 0.4) is 0 Å². The molecule has 0 aromatic heterocycles. The van der Waals surface area contributed by atoms with Gasteiger partial charge in [0.2, 0.25) is 0 Å². The summed E-state index contributed by atoms with van der Waals surface area (Å²) in [5, 5.41) is 8.79. The molecule has 20 heavy (non-hydrogen) atoms. The standard InChI is InChI=1S/C13H14F2O4S/c14-10-5-9(13(16)17)6-11(12(10)15)20(18,19)7-8-3-1-2-4-8/h5-6,8H,1-4,7H2,(H,16,17). The van der Waals surface area contributed by atoms with Crippen LogP contribution in [-0.2, 0) is 9.84 Å². The van der Waals surface area contributed by atoms with Gasteiger partial charge in [0.15, 0.2) is 21.5 Å². The van der Waals surface area contributed by atoms with Gasteiger partial charge in [0.05, 0.1) is 11.3 Å². The van der Waals surface area contributed by atoms with Crippen molar-refractivity contribution < 1.29 is 27.1 Å². The zero-order valence-corrected chi connectivity index (χ0v) is 11.4. The van der Waals surface area contributed by atoms with E-state index < -0.39 is 37.9 Å². The van der Waals surface area contributed by atoms with Crippen molar-refractivity contribution in [2.75, 3.05) is 5.75 Å². The lowest BCUT2D eigenvalue weighted by Gasteiger charge is -2.11. The summed E-state index contributed by atoms with van der Waals surface area (Å²) in [6.45, 7) is 0. The quantitative estimate of drug-likeness (QED) is 0.928. The van der Waals surface area contributed by atoms with Gasteiger partial charge in [-0.2, -0.15) is 0 Å². The van der Waals surface area contributed by atoms with Crippen molar-refractivity contribution in [1.29, 1.82) is 0 Å². The topological polar surface area (TPSA) is 71.4 Å². The molecule has 0 saturated heterocycles. The lowest BCUT2D eigenvalue weighted by Crippen LogP contribution is -2.17. The average Bonchev–Trinajstić information content (AvgIpc) is 2.83. The molecule has 1 aromatic carbocycles. The molecular formula is C13H14F2O4S. The van der Waals surface area contributed by atoms with Crippen molar-refractivity contribution in [2.45, 2.75) is 30.6 Å². The van der Waals surface area contributed by atoms with E-state index in [-0.39, 0.29) is 11.7 Å². The number of sulfone groups is 1. The predicted molar refractivity (Wildman–Crippen MR) is 67.3 cm³/mol. The van der Waals surface area contributed by atoms with Crippen LogP contribution in [0.25, 0.3) is 0 Å². The second kappa shape index (κ2) is 5.47. The summed E-state index contributed by atoms with van der Waals surface area (Å²) in [6, 6.07) is 1.16. The third-order valence-corrected chi connectivity index (χ3v) is 5.38. The second-order valence-corrected chi connectivity index (χ2v) is 7.01. The number of halogens is 2. The fourth-order valence-corrected chi connectivity index (χ4v) is 4.30.